The van der Waals surface area contributed by atoms with Crippen molar-refractivity contribution in [3.05, 3.63) is 53.6 Å². The van der Waals surface area contributed by atoms with E-state index in [-0.39, 0.29) is 0 Å². The highest BCUT2D eigenvalue weighted by Gasteiger charge is 2.30. The lowest BCUT2D eigenvalue weighted by Crippen LogP contribution is -2.04. The summed E-state index contributed by atoms with van der Waals surface area (Å²) in [5.41, 5.74) is 1.53. The highest BCUT2D eigenvalue weighted by atomic mass is 19.4. The molecule has 2 rings (SSSR count). The number of hydrogen-bond donors (Lipinski definition) is 0. The Bertz CT molecular complexity index is 588. The predicted molar refractivity (Wildman–Crippen MR) is 68.2 cm³/mol. The molecule has 0 bridgehead atoms. The Morgan fingerprint density at radius 1 is 0.947 bits per heavy atom. The average molecular weight is 266 g/mol. The van der Waals surface area contributed by atoms with Gasteiger partial charge in [0.15, 0.2) is 0 Å². The normalized spacial score (nSPS) is 11.4. The van der Waals surface area contributed by atoms with E-state index in [1.54, 1.807) is 25.3 Å². The number of aryl methyl sites for hydroxylation is 1. The molecule has 0 radical (unpaired) electrons. The number of methoxy groups -OCH3 is 1. The minimum absolute atomic E-state index is 0.542. The van der Waals surface area contributed by atoms with Crippen LogP contribution in [0.2, 0.25) is 0 Å². The second-order valence-corrected chi connectivity index (χ2v) is 4.26. The van der Waals surface area contributed by atoms with E-state index in [0.717, 1.165) is 29.0 Å². The summed E-state index contributed by atoms with van der Waals surface area (Å²) in [7, 11) is 1.56. The third-order valence-electron chi connectivity index (χ3n) is 2.92. The monoisotopic (exact) mass is 266 g/mol. The van der Waals surface area contributed by atoms with E-state index in [1.807, 2.05) is 13.0 Å². The summed E-state index contributed by atoms with van der Waals surface area (Å²) in [6, 6.07) is 10.6. The van der Waals surface area contributed by atoms with Crippen molar-refractivity contribution in [1.82, 2.24) is 0 Å². The third kappa shape index (κ3) is 2.89. The van der Waals surface area contributed by atoms with Crippen LogP contribution >= 0.6 is 0 Å². The fourth-order valence-corrected chi connectivity index (χ4v) is 1.93. The molecular weight excluding hydrogens is 253 g/mol. The molecule has 0 aromatic heterocycles. The second-order valence-electron chi connectivity index (χ2n) is 4.26. The Labute approximate surface area is 109 Å². The lowest BCUT2D eigenvalue weighted by Gasteiger charge is -2.10. The Morgan fingerprint density at radius 2 is 1.63 bits per heavy atom. The van der Waals surface area contributed by atoms with Crippen LogP contribution in [0.3, 0.4) is 0 Å². The van der Waals surface area contributed by atoms with Crippen molar-refractivity contribution in [2.45, 2.75) is 13.1 Å². The second kappa shape index (κ2) is 4.96. The molecule has 0 aliphatic rings. The third-order valence-corrected chi connectivity index (χ3v) is 2.92. The van der Waals surface area contributed by atoms with Gasteiger partial charge in [0.05, 0.1) is 12.7 Å². The molecule has 0 atom stereocenters. The Hall–Kier alpha value is -1.97. The van der Waals surface area contributed by atoms with Crippen LogP contribution in [0.1, 0.15) is 11.1 Å². The van der Waals surface area contributed by atoms with E-state index in [1.165, 1.54) is 6.07 Å². The van der Waals surface area contributed by atoms with Gasteiger partial charge < -0.3 is 4.74 Å². The Kier molecular flexibility index (Phi) is 3.51. The van der Waals surface area contributed by atoms with Gasteiger partial charge in [-0.3, -0.25) is 0 Å². The van der Waals surface area contributed by atoms with Crippen LogP contribution in [0.15, 0.2) is 42.5 Å². The topological polar surface area (TPSA) is 9.23 Å². The Morgan fingerprint density at radius 3 is 2.21 bits per heavy atom. The highest BCUT2D eigenvalue weighted by Crippen LogP contribution is 2.33. The number of rotatable bonds is 2. The molecule has 0 saturated heterocycles. The van der Waals surface area contributed by atoms with Crippen LogP contribution in [0.25, 0.3) is 11.1 Å². The van der Waals surface area contributed by atoms with E-state index in [2.05, 4.69) is 0 Å². The standard InChI is InChI=1S/C15H13F3O/c1-10-8-12(6-7-14(10)19-2)11-4-3-5-13(9-11)15(16,17)18/h3-9H,1-2H3. The van der Waals surface area contributed by atoms with Crippen LogP contribution in [-0.2, 0) is 6.18 Å². The van der Waals surface area contributed by atoms with Crippen molar-refractivity contribution >= 4 is 0 Å². The maximum atomic E-state index is 12.7. The van der Waals surface area contributed by atoms with Gasteiger partial charge in [-0.1, -0.05) is 18.2 Å². The summed E-state index contributed by atoms with van der Waals surface area (Å²) in [5.74, 6) is 0.718. The van der Waals surface area contributed by atoms with Crippen LogP contribution in [0.5, 0.6) is 5.75 Å². The van der Waals surface area contributed by atoms with Crippen molar-refractivity contribution in [2.75, 3.05) is 7.11 Å². The van der Waals surface area contributed by atoms with Crippen LogP contribution < -0.4 is 4.74 Å². The Balaban J connectivity index is 2.45. The summed E-state index contributed by atoms with van der Waals surface area (Å²) in [4.78, 5) is 0. The minimum atomic E-state index is -4.32. The van der Waals surface area contributed by atoms with Crippen molar-refractivity contribution < 1.29 is 17.9 Å². The van der Waals surface area contributed by atoms with E-state index in [9.17, 15) is 13.2 Å². The van der Waals surface area contributed by atoms with Gasteiger partial charge in [0.25, 0.3) is 0 Å². The maximum Gasteiger partial charge on any atom is 0.416 e. The van der Waals surface area contributed by atoms with Crippen molar-refractivity contribution in [1.29, 1.82) is 0 Å². The van der Waals surface area contributed by atoms with Crippen LogP contribution in [0.4, 0.5) is 13.2 Å². The summed E-state index contributed by atoms with van der Waals surface area (Å²) in [5, 5.41) is 0. The zero-order valence-corrected chi connectivity index (χ0v) is 10.6. The van der Waals surface area contributed by atoms with Gasteiger partial charge in [-0.2, -0.15) is 13.2 Å². The summed E-state index contributed by atoms with van der Waals surface area (Å²) in [6.45, 7) is 1.86. The molecule has 2 aromatic carbocycles. The van der Waals surface area contributed by atoms with E-state index in [0.29, 0.717) is 5.56 Å². The van der Waals surface area contributed by atoms with Gasteiger partial charge in [-0.25, -0.2) is 0 Å². The minimum Gasteiger partial charge on any atom is -0.496 e. The summed E-state index contributed by atoms with van der Waals surface area (Å²) in [6.07, 6.45) is -4.32. The fourth-order valence-electron chi connectivity index (χ4n) is 1.93. The lowest BCUT2D eigenvalue weighted by atomic mass is 10.0. The smallest absolute Gasteiger partial charge is 0.416 e. The molecule has 0 fully saturated rings. The lowest BCUT2D eigenvalue weighted by molar-refractivity contribution is -0.137. The van der Waals surface area contributed by atoms with Gasteiger partial charge in [0.1, 0.15) is 5.75 Å². The number of halogens is 3. The zero-order chi connectivity index (χ0) is 14.0. The number of benzene rings is 2. The SMILES string of the molecule is COc1ccc(-c2cccc(C(F)(F)F)c2)cc1C. The average Bonchev–Trinajstić information content (AvgIpc) is 2.38. The van der Waals surface area contributed by atoms with Gasteiger partial charge in [0.2, 0.25) is 0 Å². The van der Waals surface area contributed by atoms with Crippen LogP contribution in [0, 0.1) is 6.92 Å². The number of ether oxygens (including phenoxy) is 1. The molecule has 0 amide bonds. The maximum absolute atomic E-state index is 12.7. The largest absolute Gasteiger partial charge is 0.496 e. The first-order valence-electron chi connectivity index (χ1n) is 5.74. The molecule has 1 nitrogen and oxygen atoms in total. The van der Waals surface area contributed by atoms with E-state index in [4.69, 9.17) is 4.74 Å². The molecule has 0 aliphatic heterocycles. The molecule has 19 heavy (non-hydrogen) atoms. The molecule has 0 unspecified atom stereocenters. The zero-order valence-electron chi connectivity index (χ0n) is 10.6. The number of hydrogen-bond acceptors (Lipinski definition) is 1. The van der Waals surface area contributed by atoms with E-state index >= 15 is 0 Å². The molecule has 0 N–H and O–H groups in total. The van der Waals surface area contributed by atoms with Crippen molar-refractivity contribution in [2.24, 2.45) is 0 Å². The molecule has 0 aliphatic carbocycles. The van der Waals surface area contributed by atoms with Crippen molar-refractivity contribution in [3.63, 3.8) is 0 Å². The first-order chi connectivity index (χ1) is 8.91. The molecule has 4 heteroatoms. The van der Waals surface area contributed by atoms with Crippen molar-refractivity contribution in [3.8, 4) is 16.9 Å². The molecular formula is C15H13F3O. The summed E-state index contributed by atoms with van der Waals surface area (Å²) >= 11 is 0. The molecule has 2 aromatic rings. The number of alkyl halides is 3. The van der Waals surface area contributed by atoms with Crippen LogP contribution in [-0.4, -0.2) is 7.11 Å². The molecule has 0 spiro atoms. The highest BCUT2D eigenvalue weighted by molar-refractivity contribution is 5.66. The fraction of sp³-hybridized carbons (Fsp3) is 0.200. The van der Waals surface area contributed by atoms with Gasteiger partial charge >= 0.3 is 6.18 Å². The van der Waals surface area contributed by atoms with Gasteiger partial charge in [0, 0.05) is 0 Å². The quantitative estimate of drug-likeness (QED) is 0.766. The predicted octanol–water partition coefficient (Wildman–Crippen LogP) is 4.69. The van der Waals surface area contributed by atoms with E-state index < -0.39 is 11.7 Å². The van der Waals surface area contributed by atoms with Gasteiger partial charge in [-0.05, 0) is 47.9 Å². The van der Waals surface area contributed by atoms with Gasteiger partial charge in [-0.15, -0.1) is 0 Å². The molecule has 0 heterocycles. The molecule has 100 valence electrons. The first-order valence-corrected chi connectivity index (χ1v) is 5.74. The first kappa shape index (κ1) is 13.5. The molecule has 0 saturated carbocycles. The summed E-state index contributed by atoms with van der Waals surface area (Å²) < 4.78 is 43.1.